The smallest absolute Gasteiger partial charge is 0.145 e. The standard InChI is InChI=1S/C15H17BrN2O/c1-10-8-12(16)4-7-15(10)19-13-5-6-14(18-9-13)11(2)17-3/h4-9,11,17H,1-3H3. The second kappa shape index (κ2) is 6.17. The fourth-order valence-electron chi connectivity index (χ4n) is 1.71. The molecule has 1 heterocycles. The van der Waals surface area contributed by atoms with Crippen LogP contribution >= 0.6 is 15.9 Å². The van der Waals surface area contributed by atoms with Crippen LogP contribution in [0.15, 0.2) is 41.0 Å². The number of aryl methyl sites for hydroxylation is 1. The van der Waals surface area contributed by atoms with Crippen molar-refractivity contribution in [1.29, 1.82) is 0 Å². The summed E-state index contributed by atoms with van der Waals surface area (Å²) in [7, 11) is 1.92. The molecule has 0 aliphatic rings. The molecule has 0 spiro atoms. The van der Waals surface area contributed by atoms with Crippen molar-refractivity contribution in [1.82, 2.24) is 10.3 Å². The third-order valence-corrected chi connectivity index (χ3v) is 3.49. The summed E-state index contributed by atoms with van der Waals surface area (Å²) >= 11 is 3.44. The fourth-order valence-corrected chi connectivity index (χ4v) is 2.19. The van der Waals surface area contributed by atoms with E-state index in [1.54, 1.807) is 6.20 Å². The van der Waals surface area contributed by atoms with Crippen molar-refractivity contribution in [2.45, 2.75) is 19.9 Å². The van der Waals surface area contributed by atoms with Crippen LogP contribution in [0, 0.1) is 6.92 Å². The number of rotatable bonds is 4. The van der Waals surface area contributed by atoms with Gasteiger partial charge in [-0.25, -0.2) is 0 Å². The van der Waals surface area contributed by atoms with Crippen molar-refractivity contribution in [3.05, 3.63) is 52.3 Å². The van der Waals surface area contributed by atoms with Crippen LogP contribution in [0.1, 0.15) is 24.2 Å². The second-order valence-electron chi connectivity index (χ2n) is 4.44. The molecule has 100 valence electrons. The number of nitrogens with one attached hydrogen (secondary N) is 1. The summed E-state index contributed by atoms with van der Waals surface area (Å²) in [6.07, 6.45) is 1.75. The van der Waals surface area contributed by atoms with Gasteiger partial charge in [-0.2, -0.15) is 0 Å². The highest BCUT2D eigenvalue weighted by molar-refractivity contribution is 9.10. The Hall–Kier alpha value is -1.39. The molecular formula is C15H17BrN2O. The molecule has 3 nitrogen and oxygen atoms in total. The Morgan fingerprint density at radius 2 is 2.05 bits per heavy atom. The lowest BCUT2D eigenvalue weighted by Gasteiger charge is -2.11. The van der Waals surface area contributed by atoms with Crippen LogP contribution in [0.2, 0.25) is 0 Å². The molecule has 0 aliphatic carbocycles. The Bertz CT molecular complexity index is 555. The largest absolute Gasteiger partial charge is 0.455 e. The lowest BCUT2D eigenvalue weighted by atomic mass is 10.2. The predicted octanol–water partition coefficient (Wildman–Crippen LogP) is 4.23. The maximum atomic E-state index is 5.83. The molecule has 19 heavy (non-hydrogen) atoms. The molecule has 0 radical (unpaired) electrons. The van der Waals surface area contributed by atoms with Crippen molar-refractivity contribution >= 4 is 15.9 Å². The van der Waals surface area contributed by atoms with Gasteiger partial charge in [0.15, 0.2) is 0 Å². The molecule has 0 saturated heterocycles. The van der Waals surface area contributed by atoms with Gasteiger partial charge >= 0.3 is 0 Å². The normalized spacial score (nSPS) is 12.2. The molecule has 2 rings (SSSR count). The molecule has 1 unspecified atom stereocenters. The SMILES string of the molecule is CNC(C)c1ccc(Oc2ccc(Br)cc2C)cn1. The Morgan fingerprint density at radius 3 is 2.63 bits per heavy atom. The average Bonchev–Trinajstić information content (AvgIpc) is 2.42. The minimum absolute atomic E-state index is 0.239. The van der Waals surface area contributed by atoms with Crippen molar-refractivity contribution in [2.24, 2.45) is 0 Å². The van der Waals surface area contributed by atoms with Gasteiger partial charge in [-0.3, -0.25) is 4.98 Å². The molecule has 1 aromatic heterocycles. The Kier molecular flexibility index (Phi) is 4.56. The van der Waals surface area contributed by atoms with Gasteiger partial charge in [-0.1, -0.05) is 15.9 Å². The average molecular weight is 321 g/mol. The lowest BCUT2D eigenvalue weighted by Crippen LogP contribution is -2.13. The van der Waals surface area contributed by atoms with E-state index in [1.165, 1.54) is 0 Å². The van der Waals surface area contributed by atoms with Crippen LogP contribution in [0.25, 0.3) is 0 Å². The van der Waals surface area contributed by atoms with Gasteiger partial charge < -0.3 is 10.1 Å². The Labute approximate surface area is 122 Å². The molecule has 2 aromatic rings. The quantitative estimate of drug-likeness (QED) is 0.915. The molecular weight excluding hydrogens is 304 g/mol. The maximum absolute atomic E-state index is 5.83. The van der Waals surface area contributed by atoms with Gasteiger partial charge in [-0.05, 0) is 56.8 Å². The highest BCUT2D eigenvalue weighted by atomic mass is 79.9. The van der Waals surface area contributed by atoms with E-state index < -0.39 is 0 Å². The third kappa shape index (κ3) is 3.55. The predicted molar refractivity (Wildman–Crippen MR) is 80.7 cm³/mol. The highest BCUT2D eigenvalue weighted by Crippen LogP contribution is 2.27. The van der Waals surface area contributed by atoms with Gasteiger partial charge in [0, 0.05) is 10.5 Å². The molecule has 0 amide bonds. The van der Waals surface area contributed by atoms with Crippen molar-refractivity contribution in [3.8, 4) is 11.5 Å². The first-order valence-electron chi connectivity index (χ1n) is 6.17. The number of ether oxygens (including phenoxy) is 1. The summed E-state index contributed by atoms with van der Waals surface area (Å²) in [5.41, 5.74) is 2.09. The van der Waals surface area contributed by atoms with Gasteiger partial charge in [0.2, 0.25) is 0 Å². The van der Waals surface area contributed by atoms with Crippen LogP contribution in [0.4, 0.5) is 0 Å². The molecule has 1 aromatic carbocycles. The Morgan fingerprint density at radius 1 is 1.26 bits per heavy atom. The van der Waals surface area contributed by atoms with Gasteiger partial charge in [-0.15, -0.1) is 0 Å². The number of nitrogens with zero attached hydrogens (tertiary/aromatic N) is 1. The highest BCUT2D eigenvalue weighted by Gasteiger charge is 2.06. The van der Waals surface area contributed by atoms with Gasteiger partial charge in [0.1, 0.15) is 11.5 Å². The molecule has 1 atom stereocenters. The second-order valence-corrected chi connectivity index (χ2v) is 5.36. The van der Waals surface area contributed by atoms with E-state index in [2.05, 4.69) is 33.2 Å². The van der Waals surface area contributed by atoms with Gasteiger partial charge in [0.25, 0.3) is 0 Å². The van der Waals surface area contributed by atoms with Crippen LogP contribution in [-0.2, 0) is 0 Å². The zero-order chi connectivity index (χ0) is 13.8. The number of halogens is 1. The minimum Gasteiger partial charge on any atom is -0.455 e. The van der Waals surface area contributed by atoms with Crippen molar-refractivity contribution in [2.75, 3.05) is 7.05 Å². The monoisotopic (exact) mass is 320 g/mol. The van der Waals surface area contributed by atoms with E-state index >= 15 is 0 Å². The zero-order valence-electron chi connectivity index (χ0n) is 11.3. The van der Waals surface area contributed by atoms with Crippen LogP contribution in [0.5, 0.6) is 11.5 Å². The van der Waals surface area contributed by atoms with E-state index in [-0.39, 0.29) is 6.04 Å². The van der Waals surface area contributed by atoms with Crippen LogP contribution < -0.4 is 10.1 Å². The number of benzene rings is 1. The maximum Gasteiger partial charge on any atom is 0.145 e. The van der Waals surface area contributed by atoms with Gasteiger partial charge in [0.05, 0.1) is 11.9 Å². The first-order chi connectivity index (χ1) is 9.10. The summed E-state index contributed by atoms with van der Waals surface area (Å²) in [5.74, 6) is 1.59. The summed E-state index contributed by atoms with van der Waals surface area (Å²) in [4.78, 5) is 4.40. The van der Waals surface area contributed by atoms with Crippen molar-refractivity contribution < 1.29 is 4.74 Å². The number of hydrogen-bond donors (Lipinski definition) is 1. The number of pyridine rings is 1. The molecule has 0 fully saturated rings. The van der Waals surface area contributed by atoms with E-state index in [4.69, 9.17) is 4.74 Å². The number of aromatic nitrogens is 1. The zero-order valence-corrected chi connectivity index (χ0v) is 12.9. The molecule has 0 saturated carbocycles. The fraction of sp³-hybridized carbons (Fsp3) is 0.267. The van der Waals surface area contributed by atoms with E-state index in [1.807, 2.05) is 44.3 Å². The topological polar surface area (TPSA) is 34.1 Å². The van der Waals surface area contributed by atoms with Crippen LogP contribution in [0.3, 0.4) is 0 Å². The van der Waals surface area contributed by atoms with Crippen molar-refractivity contribution in [3.63, 3.8) is 0 Å². The lowest BCUT2D eigenvalue weighted by molar-refractivity contribution is 0.475. The van der Waals surface area contributed by atoms with Crippen LogP contribution in [-0.4, -0.2) is 12.0 Å². The summed E-state index contributed by atoms with van der Waals surface area (Å²) in [6.45, 7) is 4.09. The first kappa shape index (κ1) is 14.0. The summed E-state index contributed by atoms with van der Waals surface area (Å²) < 4.78 is 6.88. The summed E-state index contributed by atoms with van der Waals surface area (Å²) in [5, 5.41) is 3.16. The summed E-state index contributed by atoms with van der Waals surface area (Å²) in [6, 6.07) is 10.1. The third-order valence-electron chi connectivity index (χ3n) is 3.00. The molecule has 1 N–H and O–H groups in total. The van der Waals surface area contributed by atoms with E-state index in [0.29, 0.717) is 0 Å². The number of hydrogen-bond acceptors (Lipinski definition) is 3. The molecule has 0 bridgehead atoms. The van der Waals surface area contributed by atoms with E-state index in [0.717, 1.165) is 27.2 Å². The Balaban J connectivity index is 2.15. The van der Waals surface area contributed by atoms with E-state index in [9.17, 15) is 0 Å². The molecule has 4 heteroatoms. The first-order valence-corrected chi connectivity index (χ1v) is 6.96. The molecule has 0 aliphatic heterocycles. The minimum atomic E-state index is 0.239.